The third kappa shape index (κ3) is 4.98. The Kier molecular flexibility index (Phi) is 6.44. The predicted molar refractivity (Wildman–Crippen MR) is 88.8 cm³/mol. The fourth-order valence-corrected chi connectivity index (χ4v) is 2.76. The maximum absolute atomic E-state index is 12.0. The molecular weight excluding hydrogens is 294 g/mol. The molecule has 5 nitrogen and oxygen atoms in total. The van der Waals surface area contributed by atoms with Gasteiger partial charge in [0.1, 0.15) is 5.75 Å². The molecular formula is C18H25NO4. The van der Waals surface area contributed by atoms with Crippen LogP contribution in [0, 0.1) is 5.92 Å². The summed E-state index contributed by atoms with van der Waals surface area (Å²) in [5, 5.41) is 9.05. The lowest BCUT2D eigenvalue weighted by Crippen LogP contribution is -2.25. The second kappa shape index (κ2) is 8.56. The Morgan fingerprint density at radius 3 is 2.78 bits per heavy atom. The van der Waals surface area contributed by atoms with Gasteiger partial charge in [0.15, 0.2) is 0 Å². The summed E-state index contributed by atoms with van der Waals surface area (Å²) in [7, 11) is 0. The van der Waals surface area contributed by atoms with Crippen LogP contribution < -0.4 is 9.64 Å². The number of rotatable bonds is 9. The zero-order valence-corrected chi connectivity index (χ0v) is 13.7. The van der Waals surface area contributed by atoms with Crippen LogP contribution in [-0.4, -0.2) is 30.1 Å². The quantitative estimate of drug-likeness (QED) is 0.708. The van der Waals surface area contributed by atoms with Crippen LogP contribution in [-0.2, 0) is 9.59 Å². The summed E-state index contributed by atoms with van der Waals surface area (Å²) >= 11 is 0. The number of carboxylic acid groups (broad SMARTS) is 1. The first-order valence-corrected chi connectivity index (χ1v) is 8.38. The first-order valence-electron chi connectivity index (χ1n) is 8.38. The minimum Gasteiger partial charge on any atom is -0.494 e. The molecule has 0 spiro atoms. The SMILES string of the molecule is CCCCCCCOc1cccc(N2CC(C(=O)O)CC2=O)c1. The molecule has 1 amide bonds. The van der Waals surface area contributed by atoms with Gasteiger partial charge in [-0.25, -0.2) is 0 Å². The van der Waals surface area contributed by atoms with Gasteiger partial charge in [-0.2, -0.15) is 0 Å². The van der Waals surface area contributed by atoms with Crippen LogP contribution in [0.5, 0.6) is 5.75 Å². The van der Waals surface area contributed by atoms with Gasteiger partial charge < -0.3 is 14.7 Å². The van der Waals surface area contributed by atoms with Crippen molar-refractivity contribution in [3.8, 4) is 5.75 Å². The van der Waals surface area contributed by atoms with E-state index in [1.165, 1.54) is 30.6 Å². The summed E-state index contributed by atoms with van der Waals surface area (Å²) < 4.78 is 5.74. The van der Waals surface area contributed by atoms with Crippen molar-refractivity contribution in [3.63, 3.8) is 0 Å². The fraction of sp³-hybridized carbons (Fsp3) is 0.556. The summed E-state index contributed by atoms with van der Waals surface area (Å²) in [6.07, 6.45) is 5.98. The van der Waals surface area contributed by atoms with Crippen molar-refractivity contribution in [1.29, 1.82) is 0 Å². The molecule has 0 bridgehead atoms. The summed E-state index contributed by atoms with van der Waals surface area (Å²) in [5.41, 5.74) is 0.710. The molecule has 126 valence electrons. The Bertz CT molecular complexity index is 544. The van der Waals surface area contributed by atoms with Crippen molar-refractivity contribution in [2.24, 2.45) is 5.92 Å². The van der Waals surface area contributed by atoms with Crippen LogP contribution in [0.15, 0.2) is 24.3 Å². The van der Waals surface area contributed by atoms with Crippen LogP contribution in [0.25, 0.3) is 0 Å². The molecule has 23 heavy (non-hydrogen) atoms. The van der Waals surface area contributed by atoms with Crippen molar-refractivity contribution < 1.29 is 19.4 Å². The van der Waals surface area contributed by atoms with Crippen LogP contribution in [0.1, 0.15) is 45.4 Å². The standard InChI is InChI=1S/C18H25NO4/c1-2-3-4-5-6-10-23-16-9-7-8-15(12-16)19-13-14(18(21)22)11-17(19)20/h7-9,12,14H,2-6,10-11,13H2,1H3,(H,21,22). The van der Waals surface area contributed by atoms with E-state index in [9.17, 15) is 9.59 Å². The van der Waals surface area contributed by atoms with Gasteiger partial charge in [-0.15, -0.1) is 0 Å². The Balaban J connectivity index is 1.87. The Labute approximate surface area is 137 Å². The number of nitrogens with zero attached hydrogens (tertiary/aromatic N) is 1. The number of aliphatic carboxylic acids is 1. The average Bonchev–Trinajstić information content (AvgIpc) is 2.93. The van der Waals surface area contributed by atoms with E-state index in [1.54, 1.807) is 0 Å². The van der Waals surface area contributed by atoms with Gasteiger partial charge in [0, 0.05) is 24.7 Å². The average molecular weight is 319 g/mol. The highest BCUT2D eigenvalue weighted by Gasteiger charge is 2.35. The maximum atomic E-state index is 12.0. The normalized spacial score (nSPS) is 17.5. The van der Waals surface area contributed by atoms with E-state index in [-0.39, 0.29) is 18.9 Å². The van der Waals surface area contributed by atoms with Crippen LogP contribution >= 0.6 is 0 Å². The molecule has 1 atom stereocenters. The van der Waals surface area contributed by atoms with Gasteiger partial charge in [0.25, 0.3) is 0 Å². The van der Waals surface area contributed by atoms with Gasteiger partial charge >= 0.3 is 5.97 Å². The molecule has 1 aromatic carbocycles. The number of hydrogen-bond donors (Lipinski definition) is 1. The van der Waals surface area contributed by atoms with Crippen molar-refractivity contribution >= 4 is 17.6 Å². The number of carbonyl (C=O) groups excluding carboxylic acids is 1. The Morgan fingerprint density at radius 1 is 1.30 bits per heavy atom. The van der Waals surface area contributed by atoms with Gasteiger partial charge in [0.05, 0.1) is 12.5 Å². The molecule has 1 fully saturated rings. The molecule has 0 aliphatic carbocycles. The predicted octanol–water partition coefficient (Wildman–Crippen LogP) is 3.47. The zero-order valence-electron chi connectivity index (χ0n) is 13.7. The van der Waals surface area contributed by atoms with Crippen molar-refractivity contribution in [3.05, 3.63) is 24.3 Å². The van der Waals surface area contributed by atoms with Gasteiger partial charge in [-0.05, 0) is 18.6 Å². The van der Waals surface area contributed by atoms with E-state index in [1.807, 2.05) is 24.3 Å². The third-order valence-electron chi connectivity index (χ3n) is 4.12. The van der Waals surface area contributed by atoms with Crippen molar-refractivity contribution in [2.75, 3.05) is 18.1 Å². The molecule has 0 saturated carbocycles. The number of carbonyl (C=O) groups is 2. The van der Waals surface area contributed by atoms with E-state index in [2.05, 4.69) is 6.92 Å². The summed E-state index contributed by atoms with van der Waals surface area (Å²) in [5.74, 6) is -0.954. The highest BCUT2D eigenvalue weighted by Crippen LogP contribution is 2.28. The summed E-state index contributed by atoms with van der Waals surface area (Å²) in [4.78, 5) is 24.6. The molecule has 0 radical (unpaired) electrons. The number of benzene rings is 1. The van der Waals surface area contributed by atoms with E-state index in [0.717, 1.165) is 12.2 Å². The zero-order chi connectivity index (χ0) is 16.7. The van der Waals surface area contributed by atoms with E-state index in [0.29, 0.717) is 12.3 Å². The number of carboxylic acids is 1. The molecule has 2 rings (SSSR count). The summed E-state index contributed by atoms with van der Waals surface area (Å²) in [6, 6.07) is 7.33. The molecule has 0 aromatic heterocycles. The van der Waals surface area contributed by atoms with E-state index >= 15 is 0 Å². The lowest BCUT2D eigenvalue weighted by molar-refractivity contribution is -0.141. The maximum Gasteiger partial charge on any atom is 0.308 e. The second-order valence-electron chi connectivity index (χ2n) is 6.00. The highest BCUT2D eigenvalue weighted by atomic mass is 16.5. The Morgan fingerprint density at radius 2 is 2.09 bits per heavy atom. The van der Waals surface area contributed by atoms with Gasteiger partial charge in [0.2, 0.25) is 5.91 Å². The highest BCUT2D eigenvalue weighted by molar-refractivity contribution is 5.99. The smallest absolute Gasteiger partial charge is 0.308 e. The topological polar surface area (TPSA) is 66.8 Å². The first-order chi connectivity index (χ1) is 11.1. The fourth-order valence-electron chi connectivity index (χ4n) is 2.76. The van der Waals surface area contributed by atoms with Crippen LogP contribution in [0.4, 0.5) is 5.69 Å². The minimum absolute atomic E-state index is 0.0673. The number of unbranched alkanes of at least 4 members (excludes halogenated alkanes) is 4. The monoisotopic (exact) mass is 319 g/mol. The lowest BCUT2D eigenvalue weighted by atomic mass is 10.1. The molecule has 1 N–H and O–H groups in total. The first kappa shape index (κ1) is 17.3. The minimum atomic E-state index is -0.916. The molecule has 5 heteroatoms. The lowest BCUT2D eigenvalue weighted by Gasteiger charge is -2.17. The third-order valence-corrected chi connectivity index (χ3v) is 4.12. The molecule has 1 aliphatic heterocycles. The number of anilines is 1. The number of ether oxygens (including phenoxy) is 1. The van der Waals surface area contributed by atoms with Crippen molar-refractivity contribution in [1.82, 2.24) is 0 Å². The number of hydrogen-bond acceptors (Lipinski definition) is 3. The van der Waals surface area contributed by atoms with Crippen LogP contribution in [0.3, 0.4) is 0 Å². The van der Waals surface area contributed by atoms with Gasteiger partial charge in [-0.1, -0.05) is 38.7 Å². The van der Waals surface area contributed by atoms with Gasteiger partial charge in [-0.3, -0.25) is 9.59 Å². The van der Waals surface area contributed by atoms with Crippen molar-refractivity contribution in [2.45, 2.75) is 45.4 Å². The summed E-state index contributed by atoms with van der Waals surface area (Å²) in [6.45, 7) is 3.09. The van der Waals surface area contributed by atoms with E-state index < -0.39 is 11.9 Å². The van der Waals surface area contributed by atoms with E-state index in [4.69, 9.17) is 9.84 Å². The molecule has 1 unspecified atom stereocenters. The molecule has 1 heterocycles. The molecule has 1 aromatic rings. The second-order valence-corrected chi connectivity index (χ2v) is 6.00. The molecule has 1 saturated heterocycles. The molecule has 1 aliphatic rings. The largest absolute Gasteiger partial charge is 0.494 e. The number of amides is 1. The van der Waals surface area contributed by atoms with Crippen LogP contribution in [0.2, 0.25) is 0 Å². The Hall–Kier alpha value is -2.04.